The van der Waals surface area contributed by atoms with E-state index < -0.39 is 6.04 Å². The van der Waals surface area contributed by atoms with Crippen molar-refractivity contribution in [2.24, 2.45) is 0 Å². The Bertz CT molecular complexity index is 1220. The average molecular weight is 448 g/mol. The molecule has 2 aliphatic rings. The highest BCUT2D eigenvalue weighted by Crippen LogP contribution is 2.39. The van der Waals surface area contributed by atoms with Gasteiger partial charge < -0.3 is 24.1 Å². The van der Waals surface area contributed by atoms with E-state index in [1.807, 2.05) is 56.3 Å². The number of nitrogens with zero attached hydrogens (tertiary/aromatic N) is 3. The lowest BCUT2D eigenvalue weighted by molar-refractivity contribution is 0.174. The van der Waals surface area contributed by atoms with E-state index in [4.69, 9.17) is 18.7 Å². The molecule has 5 rings (SSSR count). The van der Waals surface area contributed by atoms with Gasteiger partial charge in [0.2, 0.25) is 12.6 Å². The van der Waals surface area contributed by atoms with Gasteiger partial charge in [-0.3, -0.25) is 4.90 Å². The molecule has 0 aliphatic carbocycles. The molecule has 170 valence electrons. The van der Waals surface area contributed by atoms with Crippen molar-refractivity contribution in [2.45, 2.75) is 26.3 Å². The molecule has 0 fully saturated rings. The van der Waals surface area contributed by atoms with Gasteiger partial charge in [-0.25, -0.2) is 4.79 Å². The summed E-state index contributed by atoms with van der Waals surface area (Å²) in [5, 5.41) is 7.29. The summed E-state index contributed by atoms with van der Waals surface area (Å²) in [7, 11) is 1.62. The van der Waals surface area contributed by atoms with Gasteiger partial charge in [0.15, 0.2) is 11.5 Å². The summed E-state index contributed by atoms with van der Waals surface area (Å²) >= 11 is 0. The molecule has 0 bridgehead atoms. The molecule has 9 nitrogen and oxygen atoms in total. The first kappa shape index (κ1) is 20.9. The highest BCUT2D eigenvalue weighted by molar-refractivity contribution is 5.87. The maximum absolute atomic E-state index is 12.9. The Balaban J connectivity index is 1.56. The lowest BCUT2D eigenvalue weighted by Gasteiger charge is -2.35. The molecule has 1 unspecified atom stereocenters. The summed E-state index contributed by atoms with van der Waals surface area (Å²) in [5.41, 5.74) is 3.17. The van der Waals surface area contributed by atoms with E-state index in [2.05, 4.69) is 15.5 Å². The molecule has 0 saturated carbocycles. The third-order valence-electron chi connectivity index (χ3n) is 5.78. The first-order chi connectivity index (χ1) is 16.1. The van der Waals surface area contributed by atoms with Gasteiger partial charge in [-0.05, 0) is 49.2 Å². The second kappa shape index (κ2) is 8.50. The van der Waals surface area contributed by atoms with E-state index in [1.54, 1.807) is 12.0 Å². The van der Waals surface area contributed by atoms with Gasteiger partial charge in [-0.1, -0.05) is 24.2 Å². The van der Waals surface area contributed by atoms with Gasteiger partial charge in [0.05, 0.1) is 18.7 Å². The van der Waals surface area contributed by atoms with E-state index in [9.17, 15) is 4.79 Å². The SMILES string of the molecule is CCCN1C(=O)NC(c2ccc(OC)cc2)C(c2nc(-c3ccc4c(c3)OCO4)no2)=C1C. The summed E-state index contributed by atoms with van der Waals surface area (Å²) in [4.78, 5) is 19.3. The number of hydrogen-bond acceptors (Lipinski definition) is 7. The lowest BCUT2D eigenvalue weighted by atomic mass is 9.94. The van der Waals surface area contributed by atoms with Crippen molar-refractivity contribution in [3.8, 4) is 28.6 Å². The number of ether oxygens (including phenoxy) is 3. The van der Waals surface area contributed by atoms with Gasteiger partial charge >= 0.3 is 6.03 Å². The fourth-order valence-electron chi connectivity index (χ4n) is 4.08. The van der Waals surface area contributed by atoms with E-state index in [-0.39, 0.29) is 12.8 Å². The topological polar surface area (TPSA) is 99.0 Å². The molecule has 0 saturated heterocycles. The molecular formula is C24H24N4O5. The van der Waals surface area contributed by atoms with Crippen molar-refractivity contribution in [1.29, 1.82) is 0 Å². The van der Waals surface area contributed by atoms with Crippen molar-refractivity contribution in [3.05, 3.63) is 59.6 Å². The zero-order valence-corrected chi connectivity index (χ0v) is 18.6. The number of fused-ring (bicyclic) bond motifs is 1. The molecule has 0 radical (unpaired) electrons. The van der Waals surface area contributed by atoms with Gasteiger partial charge in [0, 0.05) is 17.8 Å². The van der Waals surface area contributed by atoms with Crippen LogP contribution in [0.2, 0.25) is 0 Å². The van der Waals surface area contributed by atoms with Crippen LogP contribution in [0.4, 0.5) is 4.79 Å². The van der Waals surface area contributed by atoms with Gasteiger partial charge in [0.1, 0.15) is 5.75 Å². The van der Waals surface area contributed by atoms with Crippen LogP contribution < -0.4 is 19.5 Å². The maximum Gasteiger partial charge on any atom is 0.322 e. The first-order valence-corrected chi connectivity index (χ1v) is 10.8. The number of benzene rings is 2. The van der Waals surface area contributed by atoms with Crippen LogP contribution >= 0.6 is 0 Å². The largest absolute Gasteiger partial charge is 0.497 e. The number of carbonyl (C=O) groups excluding carboxylic acids is 1. The zero-order chi connectivity index (χ0) is 22.9. The minimum atomic E-state index is -0.443. The Morgan fingerprint density at radius 3 is 2.70 bits per heavy atom. The van der Waals surface area contributed by atoms with E-state index in [0.29, 0.717) is 29.8 Å². The second-order valence-corrected chi connectivity index (χ2v) is 7.80. The van der Waals surface area contributed by atoms with Crippen LogP contribution in [0, 0.1) is 0 Å². The standard InChI is InChI=1S/C24H24N4O5/c1-4-11-28-14(2)20(21(25-24(28)29)15-5-8-17(30-3)9-6-15)23-26-22(27-33-23)16-7-10-18-19(12-16)32-13-31-18/h5-10,12,21H,4,11,13H2,1-3H3,(H,25,29). The number of methoxy groups -OCH3 is 1. The van der Waals surface area contributed by atoms with Crippen LogP contribution in [0.25, 0.3) is 17.0 Å². The fourth-order valence-corrected chi connectivity index (χ4v) is 4.08. The predicted molar refractivity (Wildman–Crippen MR) is 120 cm³/mol. The van der Waals surface area contributed by atoms with Crippen molar-refractivity contribution >= 4 is 11.6 Å². The lowest BCUT2D eigenvalue weighted by Crippen LogP contribution is -2.46. The molecule has 2 amide bonds. The number of hydrogen-bond donors (Lipinski definition) is 1. The summed E-state index contributed by atoms with van der Waals surface area (Å²) in [6, 6.07) is 12.5. The van der Waals surface area contributed by atoms with E-state index in [1.165, 1.54) is 0 Å². The van der Waals surface area contributed by atoms with Crippen LogP contribution in [-0.4, -0.2) is 41.5 Å². The fraction of sp³-hybridized carbons (Fsp3) is 0.292. The molecule has 33 heavy (non-hydrogen) atoms. The molecule has 1 aromatic heterocycles. The average Bonchev–Trinajstić information content (AvgIpc) is 3.50. The Labute approximate surface area is 190 Å². The van der Waals surface area contributed by atoms with Crippen molar-refractivity contribution in [2.75, 3.05) is 20.4 Å². The third-order valence-corrected chi connectivity index (χ3v) is 5.78. The quantitative estimate of drug-likeness (QED) is 0.597. The molecule has 3 aromatic rings. The molecule has 2 aliphatic heterocycles. The minimum Gasteiger partial charge on any atom is -0.497 e. The highest BCUT2D eigenvalue weighted by atomic mass is 16.7. The second-order valence-electron chi connectivity index (χ2n) is 7.80. The van der Waals surface area contributed by atoms with Crippen LogP contribution in [-0.2, 0) is 0 Å². The number of aromatic nitrogens is 2. The molecule has 2 aromatic carbocycles. The van der Waals surface area contributed by atoms with E-state index >= 15 is 0 Å². The summed E-state index contributed by atoms with van der Waals surface area (Å²) < 4.78 is 21.8. The Morgan fingerprint density at radius 2 is 1.94 bits per heavy atom. The Morgan fingerprint density at radius 1 is 1.15 bits per heavy atom. The van der Waals surface area contributed by atoms with Crippen LogP contribution in [0.15, 0.2) is 52.7 Å². The predicted octanol–water partition coefficient (Wildman–Crippen LogP) is 4.38. The van der Waals surface area contributed by atoms with E-state index in [0.717, 1.165) is 34.6 Å². The van der Waals surface area contributed by atoms with Gasteiger partial charge in [0.25, 0.3) is 5.89 Å². The number of amides is 2. The van der Waals surface area contributed by atoms with Crippen molar-refractivity contribution in [1.82, 2.24) is 20.4 Å². The number of allylic oxidation sites excluding steroid dienone is 1. The van der Waals surface area contributed by atoms with Crippen molar-refractivity contribution < 1.29 is 23.5 Å². The van der Waals surface area contributed by atoms with Crippen LogP contribution in [0.5, 0.6) is 17.2 Å². The minimum absolute atomic E-state index is 0.158. The third kappa shape index (κ3) is 3.75. The molecule has 0 spiro atoms. The maximum atomic E-state index is 12.9. The number of nitrogens with one attached hydrogen (secondary N) is 1. The summed E-state index contributed by atoms with van der Waals surface area (Å²) in [6.45, 7) is 4.71. The van der Waals surface area contributed by atoms with Gasteiger partial charge in [-0.2, -0.15) is 4.98 Å². The Hall–Kier alpha value is -4.01. The monoisotopic (exact) mass is 448 g/mol. The molecule has 1 atom stereocenters. The zero-order valence-electron chi connectivity index (χ0n) is 18.6. The molecule has 1 N–H and O–H groups in total. The first-order valence-electron chi connectivity index (χ1n) is 10.8. The van der Waals surface area contributed by atoms with Crippen LogP contribution in [0.3, 0.4) is 0 Å². The summed E-state index contributed by atoms with van der Waals surface area (Å²) in [5.74, 6) is 2.84. The smallest absolute Gasteiger partial charge is 0.322 e. The molecule has 3 heterocycles. The molecule has 9 heteroatoms. The summed E-state index contributed by atoms with van der Waals surface area (Å²) in [6.07, 6.45) is 0.817. The van der Waals surface area contributed by atoms with Crippen LogP contribution in [0.1, 0.15) is 37.8 Å². The normalized spacial score (nSPS) is 17.4. The van der Waals surface area contributed by atoms with Crippen molar-refractivity contribution in [3.63, 3.8) is 0 Å². The number of rotatable bonds is 6. The number of urea groups is 1. The molecular weight excluding hydrogens is 424 g/mol. The van der Waals surface area contributed by atoms with Gasteiger partial charge in [-0.15, -0.1) is 0 Å². The highest BCUT2D eigenvalue weighted by Gasteiger charge is 2.35. The Kier molecular flexibility index (Phi) is 5.37. The number of carbonyl (C=O) groups is 1.